The summed E-state index contributed by atoms with van der Waals surface area (Å²) in [6.07, 6.45) is 2.45. The van der Waals surface area contributed by atoms with E-state index in [4.69, 9.17) is 4.42 Å². The number of hydrogen-bond acceptors (Lipinski definition) is 4. The van der Waals surface area contributed by atoms with Crippen molar-refractivity contribution in [2.75, 3.05) is 18.5 Å². The highest BCUT2D eigenvalue weighted by Crippen LogP contribution is 2.30. The Morgan fingerprint density at radius 1 is 1.35 bits per heavy atom. The van der Waals surface area contributed by atoms with E-state index in [9.17, 15) is 9.59 Å². The van der Waals surface area contributed by atoms with Gasteiger partial charge in [-0.05, 0) is 30.5 Å². The van der Waals surface area contributed by atoms with Gasteiger partial charge in [0.25, 0.3) is 0 Å². The van der Waals surface area contributed by atoms with Crippen molar-refractivity contribution in [3.63, 3.8) is 0 Å². The number of Topliss-reactive ketones (excluding diaryl/α,β-unsaturated/α-hetero) is 1. The Morgan fingerprint density at radius 3 is 2.90 bits per heavy atom. The van der Waals surface area contributed by atoms with Gasteiger partial charge in [-0.15, -0.1) is 0 Å². The molecule has 0 saturated carbocycles. The Morgan fingerprint density at radius 2 is 2.15 bits per heavy atom. The molecular weight excluding hydrogens is 254 g/mol. The summed E-state index contributed by atoms with van der Waals surface area (Å²) in [6, 6.07) is 5.61. The first-order valence-electron chi connectivity index (χ1n) is 6.95. The maximum absolute atomic E-state index is 11.9. The van der Waals surface area contributed by atoms with Crippen molar-refractivity contribution in [2.45, 2.75) is 26.2 Å². The van der Waals surface area contributed by atoms with Crippen LogP contribution in [0.25, 0.3) is 11.0 Å². The summed E-state index contributed by atoms with van der Waals surface area (Å²) >= 11 is 0. The molecule has 0 bridgehead atoms. The Balaban J connectivity index is 2.23. The molecule has 2 aromatic rings. The average molecular weight is 271 g/mol. The summed E-state index contributed by atoms with van der Waals surface area (Å²) in [5, 5.41) is 0.829. The predicted molar refractivity (Wildman–Crippen MR) is 78.7 cm³/mol. The fourth-order valence-corrected chi connectivity index (χ4v) is 2.77. The third-order valence-corrected chi connectivity index (χ3v) is 3.91. The third-order valence-electron chi connectivity index (χ3n) is 3.91. The zero-order valence-corrected chi connectivity index (χ0v) is 11.7. The highest BCUT2D eigenvalue weighted by molar-refractivity contribution is 5.98. The Labute approximate surface area is 117 Å². The van der Waals surface area contributed by atoms with Crippen LogP contribution in [0.1, 0.15) is 35.7 Å². The quantitative estimate of drug-likeness (QED) is 0.622. The number of nitrogens with zero attached hydrogens (tertiary/aromatic N) is 1. The van der Waals surface area contributed by atoms with Crippen LogP contribution in [0, 0.1) is 0 Å². The number of aryl methyl sites for hydroxylation is 1. The molecular formula is C16H17NO3. The minimum atomic E-state index is -0.539. The van der Waals surface area contributed by atoms with Crippen LogP contribution in [0.15, 0.2) is 27.4 Å². The topological polar surface area (TPSA) is 50.5 Å². The van der Waals surface area contributed by atoms with Crippen LogP contribution < -0.4 is 10.5 Å². The van der Waals surface area contributed by atoms with Crippen molar-refractivity contribution in [2.24, 2.45) is 0 Å². The lowest BCUT2D eigenvalue weighted by Gasteiger charge is -2.27. The molecule has 4 heteroatoms. The highest BCUT2D eigenvalue weighted by Gasteiger charge is 2.17. The SMILES string of the molecule is CCC(=O)c1cc2cc3c(cc2oc1=O)N(C)CCC3. The van der Waals surface area contributed by atoms with E-state index in [1.54, 1.807) is 13.0 Å². The number of carbonyl (C=O) groups is 1. The number of ketones is 1. The maximum atomic E-state index is 11.9. The second kappa shape index (κ2) is 4.78. The van der Waals surface area contributed by atoms with Crippen molar-refractivity contribution in [3.05, 3.63) is 39.7 Å². The number of rotatable bonds is 2. The van der Waals surface area contributed by atoms with Gasteiger partial charge in [0.1, 0.15) is 11.1 Å². The monoisotopic (exact) mass is 271 g/mol. The van der Waals surface area contributed by atoms with Gasteiger partial charge in [0.2, 0.25) is 0 Å². The van der Waals surface area contributed by atoms with Gasteiger partial charge in [-0.2, -0.15) is 0 Å². The second-order valence-corrected chi connectivity index (χ2v) is 5.27. The molecule has 1 aromatic heterocycles. The van der Waals surface area contributed by atoms with Crippen LogP contribution in [0.5, 0.6) is 0 Å². The molecule has 2 heterocycles. The molecule has 0 atom stereocenters. The molecule has 104 valence electrons. The first-order chi connectivity index (χ1) is 9.60. The molecule has 0 radical (unpaired) electrons. The molecule has 1 aliphatic rings. The zero-order chi connectivity index (χ0) is 14.3. The van der Waals surface area contributed by atoms with E-state index in [1.165, 1.54) is 5.56 Å². The Hall–Kier alpha value is -2.10. The van der Waals surface area contributed by atoms with Crippen LogP contribution in [-0.2, 0) is 6.42 Å². The number of carbonyl (C=O) groups excluding carboxylic acids is 1. The smallest absolute Gasteiger partial charge is 0.347 e. The van der Waals surface area contributed by atoms with Crippen molar-refractivity contribution in [1.82, 2.24) is 0 Å². The van der Waals surface area contributed by atoms with E-state index < -0.39 is 5.63 Å². The molecule has 0 fully saturated rings. The van der Waals surface area contributed by atoms with Gasteiger partial charge >= 0.3 is 5.63 Å². The first kappa shape index (κ1) is 12.9. The van der Waals surface area contributed by atoms with Gasteiger partial charge < -0.3 is 9.32 Å². The lowest BCUT2D eigenvalue weighted by atomic mass is 9.99. The summed E-state index contributed by atoms with van der Waals surface area (Å²) in [4.78, 5) is 25.8. The van der Waals surface area contributed by atoms with Crippen LogP contribution in [0.3, 0.4) is 0 Å². The molecule has 4 nitrogen and oxygen atoms in total. The number of fused-ring (bicyclic) bond motifs is 2. The molecule has 20 heavy (non-hydrogen) atoms. The van der Waals surface area contributed by atoms with E-state index in [-0.39, 0.29) is 11.3 Å². The van der Waals surface area contributed by atoms with E-state index >= 15 is 0 Å². The Bertz CT molecular complexity index is 745. The predicted octanol–water partition coefficient (Wildman–Crippen LogP) is 2.77. The van der Waals surface area contributed by atoms with Crippen molar-refractivity contribution in [1.29, 1.82) is 0 Å². The molecule has 1 aliphatic heterocycles. The fraction of sp³-hybridized carbons (Fsp3) is 0.375. The summed E-state index contributed by atoms with van der Waals surface area (Å²) in [5.41, 5.74) is 2.53. The van der Waals surface area contributed by atoms with Gasteiger partial charge in [-0.25, -0.2) is 4.79 Å². The van der Waals surface area contributed by atoms with E-state index in [0.717, 1.165) is 30.5 Å². The van der Waals surface area contributed by atoms with Gasteiger partial charge in [-0.3, -0.25) is 4.79 Å². The molecule has 0 unspecified atom stereocenters. The zero-order valence-electron chi connectivity index (χ0n) is 11.7. The summed E-state index contributed by atoms with van der Waals surface area (Å²) < 4.78 is 5.33. The van der Waals surface area contributed by atoms with Crippen molar-refractivity contribution < 1.29 is 9.21 Å². The van der Waals surface area contributed by atoms with Crippen LogP contribution in [0.4, 0.5) is 5.69 Å². The molecule has 3 rings (SSSR count). The van der Waals surface area contributed by atoms with Crippen molar-refractivity contribution >= 4 is 22.4 Å². The fourth-order valence-electron chi connectivity index (χ4n) is 2.77. The number of anilines is 1. The largest absolute Gasteiger partial charge is 0.422 e. The number of benzene rings is 1. The van der Waals surface area contributed by atoms with Crippen LogP contribution >= 0.6 is 0 Å². The van der Waals surface area contributed by atoms with Gasteiger partial charge in [-0.1, -0.05) is 6.92 Å². The standard InChI is InChI=1S/C16H17NO3/c1-3-14(18)12-8-11-7-10-5-4-6-17(2)13(10)9-15(11)20-16(12)19/h7-9H,3-6H2,1-2H3. The Kier molecular flexibility index (Phi) is 3.08. The summed E-state index contributed by atoms with van der Waals surface area (Å²) in [7, 11) is 2.04. The lowest BCUT2D eigenvalue weighted by Crippen LogP contribution is -2.24. The van der Waals surface area contributed by atoms with Gasteiger partial charge in [0.05, 0.1) is 0 Å². The summed E-state index contributed by atoms with van der Waals surface area (Å²) in [5.74, 6) is -0.171. The number of hydrogen-bond donors (Lipinski definition) is 0. The lowest BCUT2D eigenvalue weighted by molar-refractivity contribution is 0.0985. The van der Waals surface area contributed by atoms with Gasteiger partial charge in [0.15, 0.2) is 5.78 Å². The molecule has 1 aromatic carbocycles. The molecule has 0 aliphatic carbocycles. The second-order valence-electron chi connectivity index (χ2n) is 5.27. The molecule has 0 amide bonds. The van der Waals surface area contributed by atoms with Crippen molar-refractivity contribution in [3.8, 4) is 0 Å². The first-order valence-corrected chi connectivity index (χ1v) is 6.95. The van der Waals surface area contributed by atoms with E-state index in [2.05, 4.69) is 4.90 Å². The van der Waals surface area contributed by atoms with E-state index in [0.29, 0.717) is 12.0 Å². The van der Waals surface area contributed by atoms with E-state index in [1.807, 2.05) is 19.2 Å². The third kappa shape index (κ3) is 2.01. The summed E-state index contributed by atoms with van der Waals surface area (Å²) in [6.45, 7) is 2.75. The normalized spacial score (nSPS) is 14.4. The minimum Gasteiger partial charge on any atom is -0.422 e. The molecule has 0 saturated heterocycles. The maximum Gasteiger partial charge on any atom is 0.347 e. The average Bonchev–Trinajstić information content (AvgIpc) is 2.45. The highest BCUT2D eigenvalue weighted by atomic mass is 16.4. The minimum absolute atomic E-state index is 0.157. The van der Waals surface area contributed by atoms with Gasteiger partial charge in [0, 0.05) is 37.2 Å². The van der Waals surface area contributed by atoms with Crippen LogP contribution in [-0.4, -0.2) is 19.4 Å². The molecule has 0 N–H and O–H groups in total. The molecule has 0 spiro atoms. The van der Waals surface area contributed by atoms with Crippen LogP contribution in [0.2, 0.25) is 0 Å².